The van der Waals surface area contributed by atoms with Crippen molar-refractivity contribution in [2.75, 3.05) is 0 Å². The van der Waals surface area contributed by atoms with Gasteiger partial charge < -0.3 is 9.97 Å². The molecule has 122 heavy (non-hydrogen) atoms. The molecular weight excluding hydrogens is 1880 g/mol. The Morgan fingerprint density at radius 2 is 0.484 bits per heavy atom. The zero-order valence-electron chi connectivity index (χ0n) is 72.0. The minimum absolute atomic E-state index is 0. The summed E-state index contributed by atoms with van der Waals surface area (Å²) in [6, 6.07) is 120. The number of aryl methyl sites for hydroxylation is 6. The van der Waals surface area contributed by atoms with Crippen molar-refractivity contribution in [3.8, 4) is 134 Å². The van der Waals surface area contributed by atoms with Crippen molar-refractivity contribution >= 4 is 0 Å². The summed E-state index contributed by atoms with van der Waals surface area (Å²) in [7, 11) is 0. The van der Waals surface area contributed by atoms with E-state index in [1.54, 1.807) is 0 Å². The second-order valence-electron chi connectivity index (χ2n) is 31.8. The third-order valence-electron chi connectivity index (χ3n) is 22.9. The van der Waals surface area contributed by atoms with Crippen molar-refractivity contribution in [3.05, 3.63) is 385 Å². The second kappa shape index (κ2) is 51.2. The number of nitrogens with zero attached hydrogens (tertiary/aromatic N) is 3. The first kappa shape index (κ1) is 94.2. The summed E-state index contributed by atoms with van der Waals surface area (Å²) in [5, 5.41) is 1.17. The largest absolute Gasteiger partial charge is 0.305 e. The Hall–Kier alpha value is -10.0. The van der Waals surface area contributed by atoms with E-state index in [1.165, 1.54) is 274 Å². The van der Waals surface area contributed by atoms with E-state index in [0.29, 0.717) is 0 Å². The zero-order valence-corrected chi connectivity index (χ0v) is 78.4. The van der Waals surface area contributed by atoms with Crippen LogP contribution in [0.2, 0.25) is 0 Å². The molecule has 626 valence electrons. The predicted molar refractivity (Wildman–Crippen MR) is 508 cm³/mol. The first-order chi connectivity index (χ1) is 59.0. The maximum atomic E-state index is 4.59. The van der Waals surface area contributed by atoms with Gasteiger partial charge in [0, 0.05) is 64.4 Å². The second-order valence-corrected chi connectivity index (χ2v) is 32.5. The number of halogens is 2. The summed E-state index contributed by atoms with van der Waals surface area (Å²) in [5.41, 5.74) is 36.5. The molecule has 0 atom stereocenters. The van der Waals surface area contributed by atoms with E-state index in [4.69, 9.17) is 0 Å². The van der Waals surface area contributed by atoms with E-state index in [9.17, 15) is 0 Å². The normalized spacial score (nSPS) is 10.7. The van der Waals surface area contributed by atoms with E-state index in [1.807, 2.05) is 61.1 Å². The molecule has 0 aliphatic heterocycles. The van der Waals surface area contributed by atoms with Crippen LogP contribution < -0.4 is 0 Å². The van der Waals surface area contributed by atoms with Crippen LogP contribution in [0, 0.1) is 61.4 Å². The van der Waals surface area contributed by atoms with Crippen LogP contribution in [0.1, 0.15) is 170 Å². The van der Waals surface area contributed by atoms with Crippen LogP contribution in [0.5, 0.6) is 0 Å². The van der Waals surface area contributed by atoms with Crippen LogP contribution in [0.3, 0.4) is 0 Å². The van der Waals surface area contributed by atoms with E-state index in [0.717, 1.165) is 33.8 Å². The molecule has 0 aliphatic rings. The van der Waals surface area contributed by atoms with Gasteiger partial charge in [0.1, 0.15) is 0 Å². The smallest absolute Gasteiger partial charge is 0.230 e. The van der Waals surface area contributed by atoms with E-state index in [-0.39, 0.29) is 40.2 Å². The summed E-state index contributed by atoms with van der Waals surface area (Å²) in [5.74, 6) is 0. The van der Waals surface area contributed by atoms with Gasteiger partial charge in [-0.25, -0.2) is 0 Å². The molecule has 3 aromatic heterocycles. The van der Waals surface area contributed by atoms with E-state index >= 15 is 0 Å². The van der Waals surface area contributed by atoms with Gasteiger partial charge in [0.25, 0.3) is 0 Å². The maximum Gasteiger partial charge on any atom is 0.230 e. The summed E-state index contributed by atoms with van der Waals surface area (Å²) >= 11 is 8.17. The average molecular weight is 2000 g/mol. The van der Waals surface area contributed by atoms with Crippen molar-refractivity contribution in [2.45, 2.75) is 176 Å². The van der Waals surface area contributed by atoms with Gasteiger partial charge in [-0.15, -0.1) is 71.8 Å². The van der Waals surface area contributed by atoms with Crippen LogP contribution in [0.4, 0.5) is 0 Å². The molecule has 0 spiro atoms. The quantitative estimate of drug-likeness (QED) is 0.0304. The van der Waals surface area contributed by atoms with Gasteiger partial charge in [0.2, 0.25) is 5.34 Å². The molecule has 2 radical (unpaired) electrons. The van der Waals surface area contributed by atoms with Crippen molar-refractivity contribution < 1.29 is 63.4 Å². The monoisotopic (exact) mass is 2000 g/mol. The molecule has 0 N–H and O–H groups in total. The average Bonchev–Trinajstić information content (AvgIpc) is 0.813. The summed E-state index contributed by atoms with van der Waals surface area (Å²) in [6.45, 7) is 13.4. The third kappa shape index (κ3) is 28.3. The molecule has 12 aromatic carbocycles. The molecule has 0 aliphatic carbocycles. The van der Waals surface area contributed by atoms with Crippen LogP contribution in [0.25, 0.3) is 134 Å². The fraction of sp³-hybridized carbons (Fsp3) is 0.235. The van der Waals surface area contributed by atoms with Gasteiger partial charge in [-0.2, -0.15) is 0 Å². The number of benzene rings is 12. The molecule has 15 rings (SSSR count). The van der Waals surface area contributed by atoms with E-state index < -0.39 is 0 Å². The SMILES string of the molecule is CCCCCCCCc1ccc(-c2ccc(-c3ccc(-c4ccnc(-c5[c-]cccc5)c4)c(C)c3)cc2)cc1.CCCCCCCCc1ccc(-c2ccc(-c3ccc(-c4ccnc(-c5[c-]cccc5)c4)c(C)c3)cc2)cc1.CCCCCCCCc1ccc(-c2ccc(-c3ccc(-c4ccnc(-c5ccccc5)c4)c(C)c3)cc2)cc1.[ClH+][CH-][ClH+].[Ir].[Ir]. The summed E-state index contributed by atoms with van der Waals surface area (Å²) in [4.78, 5) is 13.7. The Morgan fingerprint density at radius 1 is 0.238 bits per heavy atom. The Bertz CT molecular complexity index is 4990. The topological polar surface area (TPSA) is 38.7 Å². The molecular formula is C115H118Cl2Ir2N3-. The minimum atomic E-state index is 0. The molecule has 0 amide bonds. The number of unbranched alkanes of at least 4 members (excludes halogenated alkanes) is 15. The Morgan fingerprint density at radius 3 is 0.762 bits per heavy atom. The molecule has 7 heteroatoms. The van der Waals surface area contributed by atoms with Crippen molar-refractivity contribution in [1.29, 1.82) is 0 Å². The van der Waals surface area contributed by atoms with Crippen molar-refractivity contribution in [1.82, 2.24) is 15.0 Å². The molecule has 0 saturated heterocycles. The van der Waals surface area contributed by atoms with Gasteiger partial charge in [-0.05, 0) is 252 Å². The van der Waals surface area contributed by atoms with Crippen LogP contribution in [-0.2, 0) is 59.5 Å². The molecule has 0 bridgehead atoms. The van der Waals surface area contributed by atoms with Crippen LogP contribution in [0.15, 0.2) is 334 Å². The van der Waals surface area contributed by atoms with Gasteiger partial charge in [-0.1, -0.05) is 360 Å². The van der Waals surface area contributed by atoms with Gasteiger partial charge >= 0.3 is 0 Å². The Balaban J connectivity index is 0.000000187. The summed E-state index contributed by atoms with van der Waals surface area (Å²) < 4.78 is 0. The molecule has 0 fully saturated rings. The summed E-state index contributed by atoms with van der Waals surface area (Å²) in [6.07, 6.45) is 33.5. The first-order valence-electron chi connectivity index (χ1n) is 43.9. The zero-order chi connectivity index (χ0) is 83.3. The Kier molecular flexibility index (Phi) is 39.5. The minimum Gasteiger partial charge on any atom is -0.305 e. The standard InChI is InChI=1S/C38H39N.2C38H38N.CH3Cl2.2Ir/c3*1-3-4-5-6-7-9-12-30-15-17-31(18-16-30)32-19-21-33(22-20-32)35-23-24-37(29(2)27-35)36-25-26-39-38(28-36)34-13-10-8-11-14-34;2-1-3;;/h8,10-11,13-28H,3-7,9,12H2,1-2H3;2*8,10-11,13,15-28H,3-7,9,12H2,1-2H3;1-3H;;/q;2*-1;+1;;. The number of pyridine rings is 3. The number of hydrogen-bond acceptors (Lipinski definition) is 3. The fourth-order valence-corrected chi connectivity index (χ4v) is 15.9. The fourth-order valence-electron chi connectivity index (χ4n) is 15.9. The number of aromatic nitrogens is 3. The number of rotatable bonds is 33. The molecule has 3 heterocycles. The Labute approximate surface area is 767 Å². The number of hydrogen-bond donors (Lipinski definition) is 0. The molecule has 0 saturated carbocycles. The van der Waals surface area contributed by atoms with Crippen LogP contribution >= 0.6 is 0 Å². The van der Waals surface area contributed by atoms with Gasteiger partial charge in [-0.3, -0.25) is 4.98 Å². The maximum absolute atomic E-state index is 4.59. The molecule has 3 nitrogen and oxygen atoms in total. The van der Waals surface area contributed by atoms with Crippen molar-refractivity contribution in [2.24, 2.45) is 0 Å². The van der Waals surface area contributed by atoms with Gasteiger partial charge in [0.15, 0.2) is 0 Å². The van der Waals surface area contributed by atoms with Crippen molar-refractivity contribution in [3.63, 3.8) is 0 Å². The predicted octanol–water partition coefficient (Wildman–Crippen LogP) is 32.1. The van der Waals surface area contributed by atoms with Crippen LogP contribution in [-0.4, -0.2) is 15.0 Å². The third-order valence-corrected chi connectivity index (χ3v) is 22.9. The first-order valence-corrected chi connectivity index (χ1v) is 44.8. The van der Waals surface area contributed by atoms with E-state index in [2.05, 4.69) is 365 Å². The van der Waals surface area contributed by atoms with Gasteiger partial charge in [0.05, 0.1) is 5.69 Å². The molecule has 15 aromatic rings. The molecule has 0 unspecified atom stereocenters.